The van der Waals surface area contributed by atoms with Gasteiger partial charge in [0.05, 0.1) is 5.56 Å². The van der Waals surface area contributed by atoms with E-state index in [0.717, 1.165) is 72.8 Å². The van der Waals surface area contributed by atoms with Crippen LogP contribution in [-0.2, 0) is 27.3 Å². The summed E-state index contributed by atoms with van der Waals surface area (Å²) in [6, 6.07) is 6.10. The molecule has 1 saturated heterocycles. The summed E-state index contributed by atoms with van der Waals surface area (Å²) in [7, 11) is 0. The number of carbonyl (C=O) groups excluding carboxylic acids is 2. The Balaban J connectivity index is 1.19. The van der Waals surface area contributed by atoms with Crippen LogP contribution in [0.3, 0.4) is 0 Å². The fourth-order valence-electron chi connectivity index (χ4n) is 4.94. The van der Waals surface area contributed by atoms with E-state index in [0.29, 0.717) is 18.8 Å². The number of aromatic nitrogens is 1. The van der Waals surface area contributed by atoms with Gasteiger partial charge in [-0.15, -0.1) is 0 Å². The fourth-order valence-corrected chi connectivity index (χ4v) is 4.94. The highest BCUT2D eigenvalue weighted by molar-refractivity contribution is 6.01. The molecule has 0 aliphatic carbocycles. The van der Waals surface area contributed by atoms with Gasteiger partial charge in [0.1, 0.15) is 19.0 Å². The lowest BCUT2D eigenvalue weighted by atomic mass is 9.96. The summed E-state index contributed by atoms with van der Waals surface area (Å²) in [5.74, 6) is 0.546. The molecule has 33 heavy (non-hydrogen) atoms. The maximum Gasteiger partial charge on any atom is 0.338 e. The van der Waals surface area contributed by atoms with Crippen LogP contribution in [0, 0.1) is 13.8 Å². The third kappa shape index (κ3) is 4.02. The molecule has 0 atom stereocenters. The number of carbonyl (C=O) groups is 2. The SMILES string of the molecule is CC1=C(c2cnc(N3CCN(CCc4ccc5c(c4C)COC5=O)CC3)cc2C)COC1=O. The van der Waals surface area contributed by atoms with Gasteiger partial charge in [0.2, 0.25) is 0 Å². The van der Waals surface area contributed by atoms with Crippen LogP contribution in [0.4, 0.5) is 5.82 Å². The second-order valence-electron chi connectivity index (χ2n) is 9.07. The molecule has 1 aromatic carbocycles. The zero-order chi connectivity index (χ0) is 23.1. The molecule has 5 rings (SSSR count). The van der Waals surface area contributed by atoms with Gasteiger partial charge in [0.25, 0.3) is 0 Å². The second-order valence-corrected chi connectivity index (χ2v) is 9.07. The molecule has 1 aromatic heterocycles. The first kappa shape index (κ1) is 21.6. The van der Waals surface area contributed by atoms with Crippen molar-refractivity contribution in [1.29, 1.82) is 0 Å². The van der Waals surface area contributed by atoms with Crippen molar-refractivity contribution >= 4 is 23.3 Å². The van der Waals surface area contributed by atoms with Crippen molar-refractivity contribution in [2.24, 2.45) is 0 Å². The number of esters is 2. The van der Waals surface area contributed by atoms with E-state index in [2.05, 4.69) is 35.8 Å². The second kappa shape index (κ2) is 8.63. The minimum Gasteiger partial charge on any atom is -0.457 e. The van der Waals surface area contributed by atoms with E-state index >= 15 is 0 Å². The lowest BCUT2D eigenvalue weighted by molar-refractivity contribution is -0.135. The average molecular weight is 448 g/mol. The maximum atomic E-state index is 11.8. The van der Waals surface area contributed by atoms with E-state index in [1.165, 1.54) is 11.1 Å². The Morgan fingerprint density at radius 3 is 2.39 bits per heavy atom. The number of rotatable bonds is 5. The molecule has 1 fully saturated rings. The molecule has 7 nitrogen and oxygen atoms in total. The van der Waals surface area contributed by atoms with E-state index in [-0.39, 0.29) is 11.9 Å². The molecular weight excluding hydrogens is 418 g/mol. The lowest BCUT2D eigenvalue weighted by Crippen LogP contribution is -2.47. The van der Waals surface area contributed by atoms with Gasteiger partial charge < -0.3 is 14.4 Å². The van der Waals surface area contributed by atoms with Crippen molar-refractivity contribution in [3.8, 4) is 0 Å². The third-order valence-electron chi connectivity index (χ3n) is 7.20. The van der Waals surface area contributed by atoms with Crippen LogP contribution in [0.2, 0.25) is 0 Å². The molecule has 3 aliphatic rings. The average Bonchev–Trinajstić information content (AvgIpc) is 3.36. The zero-order valence-electron chi connectivity index (χ0n) is 19.4. The van der Waals surface area contributed by atoms with Gasteiger partial charge in [-0.2, -0.15) is 0 Å². The van der Waals surface area contributed by atoms with Crippen LogP contribution < -0.4 is 4.90 Å². The van der Waals surface area contributed by atoms with Gasteiger partial charge in [-0.25, -0.2) is 14.6 Å². The highest BCUT2D eigenvalue weighted by Gasteiger charge is 2.26. The lowest BCUT2D eigenvalue weighted by Gasteiger charge is -2.35. The molecule has 0 bridgehead atoms. The van der Waals surface area contributed by atoms with Crippen molar-refractivity contribution in [2.45, 2.75) is 33.8 Å². The number of fused-ring (bicyclic) bond motifs is 1. The number of pyridine rings is 1. The first-order valence-electron chi connectivity index (χ1n) is 11.5. The summed E-state index contributed by atoms with van der Waals surface area (Å²) < 4.78 is 10.3. The van der Waals surface area contributed by atoms with Gasteiger partial charge in [0, 0.05) is 61.2 Å². The van der Waals surface area contributed by atoms with Crippen LogP contribution >= 0.6 is 0 Å². The van der Waals surface area contributed by atoms with Crippen molar-refractivity contribution in [3.05, 3.63) is 63.3 Å². The molecule has 172 valence electrons. The molecule has 0 unspecified atom stereocenters. The highest BCUT2D eigenvalue weighted by atomic mass is 16.5. The summed E-state index contributed by atoms with van der Waals surface area (Å²) in [6.45, 7) is 11.5. The van der Waals surface area contributed by atoms with Gasteiger partial charge >= 0.3 is 11.9 Å². The first-order chi connectivity index (χ1) is 15.9. The van der Waals surface area contributed by atoms with E-state index in [1.807, 2.05) is 19.2 Å². The standard InChI is InChI=1S/C26H29N3O4/c1-16-12-24(27-13-21(16)23-15-32-25(30)18(23)3)29-10-8-28(9-11-29)7-6-19-4-5-20-22(17(19)2)14-33-26(20)31/h4-5,12-13H,6-11,14-15H2,1-3H3. The smallest absolute Gasteiger partial charge is 0.338 e. The Morgan fingerprint density at radius 1 is 0.939 bits per heavy atom. The molecule has 7 heteroatoms. The van der Waals surface area contributed by atoms with Crippen molar-refractivity contribution < 1.29 is 19.1 Å². The summed E-state index contributed by atoms with van der Waals surface area (Å²) >= 11 is 0. The molecular formula is C26H29N3O4. The summed E-state index contributed by atoms with van der Waals surface area (Å²) in [4.78, 5) is 33.0. The van der Waals surface area contributed by atoms with Gasteiger partial charge in [-0.05, 0) is 56.0 Å². The van der Waals surface area contributed by atoms with Gasteiger partial charge in [0.15, 0.2) is 0 Å². The van der Waals surface area contributed by atoms with Crippen molar-refractivity contribution in [3.63, 3.8) is 0 Å². The van der Waals surface area contributed by atoms with Gasteiger partial charge in [-0.1, -0.05) is 6.07 Å². The van der Waals surface area contributed by atoms with Crippen LogP contribution in [-0.4, -0.2) is 61.2 Å². The molecule has 0 amide bonds. The molecule has 0 spiro atoms. The third-order valence-corrected chi connectivity index (χ3v) is 7.20. The predicted molar refractivity (Wildman–Crippen MR) is 125 cm³/mol. The van der Waals surface area contributed by atoms with Crippen LogP contribution in [0.25, 0.3) is 5.57 Å². The van der Waals surface area contributed by atoms with E-state index < -0.39 is 0 Å². The Morgan fingerprint density at radius 2 is 1.70 bits per heavy atom. The summed E-state index contributed by atoms with van der Waals surface area (Å²) in [5.41, 5.74) is 7.99. The zero-order valence-corrected chi connectivity index (χ0v) is 19.4. The minimum absolute atomic E-state index is 0.204. The van der Waals surface area contributed by atoms with Crippen LogP contribution in [0.1, 0.15) is 45.1 Å². The summed E-state index contributed by atoms with van der Waals surface area (Å²) in [5, 5.41) is 0. The molecule has 2 aromatic rings. The quantitative estimate of drug-likeness (QED) is 0.653. The first-order valence-corrected chi connectivity index (χ1v) is 11.5. The number of hydrogen-bond donors (Lipinski definition) is 0. The topological polar surface area (TPSA) is 72.0 Å². The number of anilines is 1. The van der Waals surface area contributed by atoms with Gasteiger partial charge in [-0.3, -0.25) is 4.90 Å². The maximum absolute atomic E-state index is 11.8. The molecule has 0 N–H and O–H groups in total. The van der Waals surface area contributed by atoms with Crippen LogP contribution in [0.5, 0.6) is 0 Å². The fraction of sp³-hybridized carbons (Fsp3) is 0.423. The van der Waals surface area contributed by atoms with E-state index in [4.69, 9.17) is 14.5 Å². The van der Waals surface area contributed by atoms with E-state index in [1.54, 1.807) is 0 Å². The molecule has 3 aliphatic heterocycles. The Hall–Kier alpha value is -3.19. The molecule has 0 radical (unpaired) electrons. The molecule has 0 saturated carbocycles. The Kier molecular flexibility index (Phi) is 5.66. The predicted octanol–water partition coefficient (Wildman–Crippen LogP) is 3.06. The van der Waals surface area contributed by atoms with Crippen molar-refractivity contribution in [2.75, 3.05) is 44.2 Å². The number of cyclic esters (lactones) is 2. The summed E-state index contributed by atoms with van der Waals surface area (Å²) in [6.07, 6.45) is 2.84. The molecule has 4 heterocycles. The number of hydrogen-bond acceptors (Lipinski definition) is 7. The monoisotopic (exact) mass is 447 g/mol. The Labute approximate surface area is 194 Å². The number of aryl methyl sites for hydroxylation is 1. The van der Waals surface area contributed by atoms with Crippen molar-refractivity contribution in [1.82, 2.24) is 9.88 Å². The Bertz CT molecular complexity index is 1160. The normalized spacial score (nSPS) is 18.6. The number of ether oxygens (including phenoxy) is 2. The number of nitrogens with zero attached hydrogens (tertiary/aromatic N) is 3. The number of benzene rings is 1. The number of piperazine rings is 1. The van der Waals surface area contributed by atoms with E-state index in [9.17, 15) is 9.59 Å². The largest absolute Gasteiger partial charge is 0.457 e. The van der Waals surface area contributed by atoms with Crippen LogP contribution in [0.15, 0.2) is 30.0 Å². The minimum atomic E-state index is -0.235. The highest BCUT2D eigenvalue weighted by Crippen LogP contribution is 2.29.